The molecule has 0 spiro atoms. The van der Waals surface area contributed by atoms with E-state index in [1.165, 1.54) is 0 Å². The van der Waals surface area contributed by atoms with Crippen LogP contribution in [0.2, 0.25) is 0 Å². The van der Waals surface area contributed by atoms with E-state index < -0.39 is 0 Å². The average molecular weight is 213 g/mol. The topological polar surface area (TPSA) is 44.5 Å². The summed E-state index contributed by atoms with van der Waals surface area (Å²) in [5.41, 5.74) is 5.69. The third-order valence-electron chi connectivity index (χ3n) is 1.68. The maximum atomic E-state index is 5.69. The van der Waals surface area contributed by atoms with Crippen molar-refractivity contribution < 1.29 is 9.47 Å². The molecule has 0 bridgehead atoms. The molecule has 14 heavy (non-hydrogen) atoms. The Morgan fingerprint density at radius 2 is 2.00 bits per heavy atom. The van der Waals surface area contributed by atoms with Gasteiger partial charge in [0.25, 0.3) is 0 Å². The highest BCUT2D eigenvalue weighted by Gasteiger charge is 2.07. The van der Waals surface area contributed by atoms with Crippen LogP contribution in [-0.4, -0.2) is 19.6 Å². The summed E-state index contributed by atoms with van der Waals surface area (Å²) in [5, 5.41) is 0.0531. The molecule has 0 aliphatic heterocycles. The van der Waals surface area contributed by atoms with Gasteiger partial charge in [-0.2, -0.15) is 0 Å². The zero-order chi connectivity index (χ0) is 10.6. The zero-order valence-corrected chi connectivity index (χ0v) is 9.43. The van der Waals surface area contributed by atoms with E-state index in [1.54, 1.807) is 26.0 Å². The second-order valence-electron chi connectivity index (χ2n) is 2.84. The molecule has 3 nitrogen and oxygen atoms in total. The van der Waals surface area contributed by atoms with Crippen molar-refractivity contribution in [1.82, 2.24) is 0 Å². The zero-order valence-electron chi connectivity index (χ0n) is 8.61. The molecule has 0 aromatic heterocycles. The van der Waals surface area contributed by atoms with Crippen LogP contribution in [0.15, 0.2) is 23.1 Å². The Kier molecular flexibility index (Phi) is 4.10. The lowest BCUT2D eigenvalue weighted by atomic mass is 10.3. The van der Waals surface area contributed by atoms with E-state index >= 15 is 0 Å². The Labute approximate surface area is 88.6 Å². The first-order valence-corrected chi connectivity index (χ1v) is 5.19. The predicted octanol–water partition coefficient (Wildman–Crippen LogP) is 2.10. The maximum absolute atomic E-state index is 5.69. The van der Waals surface area contributed by atoms with E-state index in [9.17, 15) is 0 Å². The summed E-state index contributed by atoms with van der Waals surface area (Å²) >= 11 is 1.57. The SMILES string of the molecule is COc1ccc(SC(C)N)c(OC)c1. The Hall–Kier alpha value is -0.870. The number of hydrogen-bond acceptors (Lipinski definition) is 4. The summed E-state index contributed by atoms with van der Waals surface area (Å²) in [6, 6.07) is 5.70. The minimum Gasteiger partial charge on any atom is -0.497 e. The van der Waals surface area contributed by atoms with Crippen molar-refractivity contribution in [2.24, 2.45) is 5.73 Å². The lowest BCUT2D eigenvalue weighted by Crippen LogP contribution is -2.09. The van der Waals surface area contributed by atoms with Crippen LogP contribution in [-0.2, 0) is 0 Å². The first-order chi connectivity index (χ1) is 6.67. The molecule has 1 aromatic carbocycles. The standard InChI is InChI=1S/C10H15NO2S/c1-7(11)14-10-5-4-8(12-2)6-9(10)13-3/h4-7H,11H2,1-3H3. The van der Waals surface area contributed by atoms with Crippen molar-refractivity contribution in [3.05, 3.63) is 18.2 Å². The van der Waals surface area contributed by atoms with E-state index in [2.05, 4.69) is 0 Å². The maximum Gasteiger partial charge on any atom is 0.136 e. The number of hydrogen-bond donors (Lipinski definition) is 1. The van der Waals surface area contributed by atoms with Gasteiger partial charge in [-0.25, -0.2) is 0 Å². The average Bonchev–Trinajstić information content (AvgIpc) is 2.17. The van der Waals surface area contributed by atoms with Crippen LogP contribution in [0.1, 0.15) is 6.92 Å². The molecular formula is C10H15NO2S. The number of methoxy groups -OCH3 is 2. The molecule has 0 saturated heterocycles. The van der Waals surface area contributed by atoms with Gasteiger partial charge in [-0.15, -0.1) is 11.8 Å². The molecule has 0 amide bonds. The molecule has 1 atom stereocenters. The minimum atomic E-state index is 0.0531. The van der Waals surface area contributed by atoms with Gasteiger partial charge in [-0.1, -0.05) is 0 Å². The molecule has 0 saturated carbocycles. The fourth-order valence-corrected chi connectivity index (χ4v) is 1.88. The molecule has 2 N–H and O–H groups in total. The molecular weight excluding hydrogens is 198 g/mol. The summed E-state index contributed by atoms with van der Waals surface area (Å²) in [7, 11) is 3.27. The number of nitrogens with two attached hydrogens (primary N) is 1. The van der Waals surface area contributed by atoms with Crippen molar-refractivity contribution in [3.8, 4) is 11.5 Å². The smallest absolute Gasteiger partial charge is 0.136 e. The molecule has 1 rings (SSSR count). The van der Waals surface area contributed by atoms with Gasteiger partial charge in [-0.05, 0) is 19.1 Å². The summed E-state index contributed by atoms with van der Waals surface area (Å²) in [5.74, 6) is 1.59. The molecule has 1 aromatic rings. The van der Waals surface area contributed by atoms with Crippen LogP contribution < -0.4 is 15.2 Å². The van der Waals surface area contributed by atoms with Crippen LogP contribution in [0.5, 0.6) is 11.5 Å². The second-order valence-corrected chi connectivity index (χ2v) is 4.26. The normalized spacial score (nSPS) is 12.3. The highest BCUT2D eigenvalue weighted by atomic mass is 32.2. The Morgan fingerprint density at radius 1 is 1.29 bits per heavy atom. The number of rotatable bonds is 4. The Balaban J connectivity index is 2.93. The molecule has 78 valence electrons. The van der Waals surface area contributed by atoms with E-state index in [0.29, 0.717) is 0 Å². The van der Waals surface area contributed by atoms with Crippen molar-refractivity contribution >= 4 is 11.8 Å². The van der Waals surface area contributed by atoms with Gasteiger partial charge in [0.1, 0.15) is 11.5 Å². The monoisotopic (exact) mass is 213 g/mol. The highest BCUT2D eigenvalue weighted by Crippen LogP contribution is 2.33. The Bertz CT molecular complexity index is 302. The summed E-state index contributed by atoms with van der Waals surface area (Å²) < 4.78 is 10.3. The highest BCUT2D eigenvalue weighted by molar-refractivity contribution is 8.00. The van der Waals surface area contributed by atoms with E-state index in [0.717, 1.165) is 16.4 Å². The Morgan fingerprint density at radius 3 is 2.50 bits per heavy atom. The van der Waals surface area contributed by atoms with Crippen molar-refractivity contribution in [1.29, 1.82) is 0 Å². The third kappa shape index (κ3) is 2.82. The fourth-order valence-electron chi connectivity index (χ4n) is 1.07. The van der Waals surface area contributed by atoms with Crippen LogP contribution in [0.3, 0.4) is 0 Å². The number of ether oxygens (including phenoxy) is 2. The van der Waals surface area contributed by atoms with Crippen molar-refractivity contribution in [3.63, 3.8) is 0 Å². The van der Waals surface area contributed by atoms with Gasteiger partial charge in [0.15, 0.2) is 0 Å². The van der Waals surface area contributed by atoms with Crippen LogP contribution in [0.25, 0.3) is 0 Å². The van der Waals surface area contributed by atoms with Gasteiger partial charge in [0.2, 0.25) is 0 Å². The largest absolute Gasteiger partial charge is 0.497 e. The fraction of sp³-hybridized carbons (Fsp3) is 0.400. The van der Waals surface area contributed by atoms with E-state index in [-0.39, 0.29) is 5.37 Å². The van der Waals surface area contributed by atoms with E-state index in [4.69, 9.17) is 15.2 Å². The molecule has 4 heteroatoms. The molecule has 0 fully saturated rings. The van der Waals surface area contributed by atoms with Gasteiger partial charge in [-0.3, -0.25) is 0 Å². The van der Waals surface area contributed by atoms with Crippen molar-refractivity contribution in [2.45, 2.75) is 17.2 Å². The quantitative estimate of drug-likeness (QED) is 0.614. The van der Waals surface area contributed by atoms with E-state index in [1.807, 2.05) is 25.1 Å². The lowest BCUT2D eigenvalue weighted by molar-refractivity contribution is 0.387. The molecule has 0 aliphatic carbocycles. The van der Waals surface area contributed by atoms with Gasteiger partial charge < -0.3 is 15.2 Å². The van der Waals surface area contributed by atoms with Crippen molar-refractivity contribution in [2.75, 3.05) is 14.2 Å². The lowest BCUT2D eigenvalue weighted by Gasteiger charge is -2.11. The number of thioether (sulfide) groups is 1. The number of benzene rings is 1. The predicted molar refractivity (Wildman–Crippen MR) is 59.1 cm³/mol. The first-order valence-electron chi connectivity index (χ1n) is 4.31. The second kappa shape index (κ2) is 5.12. The van der Waals surface area contributed by atoms with Gasteiger partial charge >= 0.3 is 0 Å². The van der Waals surface area contributed by atoms with Crippen LogP contribution >= 0.6 is 11.8 Å². The van der Waals surface area contributed by atoms with Crippen LogP contribution in [0.4, 0.5) is 0 Å². The minimum absolute atomic E-state index is 0.0531. The van der Waals surface area contributed by atoms with Gasteiger partial charge in [0.05, 0.1) is 24.5 Å². The molecule has 0 heterocycles. The van der Waals surface area contributed by atoms with Gasteiger partial charge in [0, 0.05) is 6.07 Å². The summed E-state index contributed by atoms with van der Waals surface area (Å²) in [6.45, 7) is 1.94. The molecule has 0 aliphatic rings. The van der Waals surface area contributed by atoms with Crippen LogP contribution in [0, 0.1) is 0 Å². The molecule has 0 radical (unpaired) electrons. The third-order valence-corrected chi connectivity index (χ3v) is 2.65. The summed E-state index contributed by atoms with van der Waals surface area (Å²) in [6.07, 6.45) is 0. The molecule has 1 unspecified atom stereocenters. The first kappa shape index (κ1) is 11.2. The summed E-state index contributed by atoms with van der Waals surface area (Å²) in [4.78, 5) is 1.03.